The van der Waals surface area contributed by atoms with Gasteiger partial charge in [0.2, 0.25) is 10.0 Å². The van der Waals surface area contributed by atoms with Gasteiger partial charge in [0.1, 0.15) is 11.5 Å². The number of furan rings is 1. The van der Waals surface area contributed by atoms with E-state index in [9.17, 15) is 8.42 Å². The largest absolute Gasteiger partial charge is 0.464 e. The molecule has 0 atom stereocenters. The number of benzene rings is 2. The Kier molecular flexibility index (Phi) is 6.09. The number of rotatable bonds is 7. The highest BCUT2D eigenvalue weighted by molar-refractivity contribution is 7.89. The first-order valence-corrected chi connectivity index (χ1v) is 11.7. The Bertz CT molecular complexity index is 1090. The van der Waals surface area contributed by atoms with Crippen LogP contribution in [-0.4, -0.2) is 38.3 Å². The average molecular weight is 425 g/mol. The van der Waals surface area contributed by atoms with E-state index in [4.69, 9.17) is 4.42 Å². The van der Waals surface area contributed by atoms with Crippen LogP contribution in [0.5, 0.6) is 0 Å². The quantitative estimate of drug-likeness (QED) is 0.578. The molecule has 0 aliphatic carbocycles. The topological polar surface area (TPSA) is 53.8 Å². The summed E-state index contributed by atoms with van der Waals surface area (Å²) in [6.07, 6.45) is 2.44. The van der Waals surface area contributed by atoms with Crippen molar-refractivity contribution >= 4 is 10.0 Å². The average Bonchev–Trinajstić information content (AvgIpc) is 3.14. The highest BCUT2D eigenvalue weighted by atomic mass is 32.2. The van der Waals surface area contributed by atoms with Crippen LogP contribution in [0.3, 0.4) is 0 Å². The van der Waals surface area contributed by atoms with Crippen molar-refractivity contribution in [2.75, 3.05) is 20.6 Å². The molecule has 1 aliphatic heterocycles. The molecule has 0 saturated heterocycles. The molecule has 2 aromatic carbocycles. The third-order valence-corrected chi connectivity index (χ3v) is 7.32. The van der Waals surface area contributed by atoms with Crippen molar-refractivity contribution in [2.24, 2.45) is 0 Å². The van der Waals surface area contributed by atoms with Gasteiger partial charge in [-0.05, 0) is 56.3 Å². The lowest BCUT2D eigenvalue weighted by Gasteiger charge is -2.25. The minimum atomic E-state index is -3.52. The second-order valence-electron chi connectivity index (χ2n) is 8.12. The van der Waals surface area contributed by atoms with Crippen LogP contribution < -0.4 is 0 Å². The summed E-state index contributed by atoms with van der Waals surface area (Å²) in [5.41, 5.74) is 3.40. The number of sulfonamides is 1. The smallest absolute Gasteiger partial charge is 0.243 e. The van der Waals surface area contributed by atoms with E-state index in [-0.39, 0.29) is 0 Å². The van der Waals surface area contributed by atoms with Crippen molar-refractivity contribution < 1.29 is 12.8 Å². The van der Waals surface area contributed by atoms with Gasteiger partial charge in [-0.2, -0.15) is 4.31 Å². The van der Waals surface area contributed by atoms with Crippen molar-refractivity contribution in [1.29, 1.82) is 0 Å². The first-order chi connectivity index (χ1) is 14.4. The van der Waals surface area contributed by atoms with Gasteiger partial charge in [0.15, 0.2) is 0 Å². The molecular formula is C24H28N2O3S. The Hall–Kier alpha value is -2.41. The van der Waals surface area contributed by atoms with Crippen LogP contribution in [0.25, 0.3) is 0 Å². The molecule has 1 aromatic heterocycles. The molecule has 3 aromatic rings. The molecular weight excluding hydrogens is 396 g/mol. The Labute approximate surface area is 179 Å². The molecule has 0 radical (unpaired) electrons. The molecule has 6 heteroatoms. The van der Waals surface area contributed by atoms with Gasteiger partial charge in [-0.15, -0.1) is 0 Å². The molecule has 0 N–H and O–H groups in total. The number of hydrogen-bond acceptors (Lipinski definition) is 4. The Morgan fingerprint density at radius 3 is 2.30 bits per heavy atom. The van der Waals surface area contributed by atoms with Crippen molar-refractivity contribution in [3.05, 3.63) is 88.9 Å². The zero-order chi connectivity index (χ0) is 21.1. The fourth-order valence-electron chi connectivity index (χ4n) is 3.87. The number of fused-ring (bicyclic) bond motifs is 1. The van der Waals surface area contributed by atoms with E-state index in [1.165, 1.54) is 5.56 Å². The van der Waals surface area contributed by atoms with E-state index in [1.54, 1.807) is 16.4 Å². The van der Waals surface area contributed by atoms with E-state index in [0.29, 0.717) is 31.0 Å². The molecule has 5 nitrogen and oxygen atoms in total. The van der Waals surface area contributed by atoms with Gasteiger partial charge >= 0.3 is 0 Å². The van der Waals surface area contributed by atoms with E-state index in [1.807, 2.05) is 55.4 Å². The Balaban J connectivity index is 1.44. The highest BCUT2D eigenvalue weighted by Crippen LogP contribution is 2.28. The summed E-state index contributed by atoms with van der Waals surface area (Å²) in [6, 6.07) is 19.6. The molecule has 0 saturated carbocycles. The summed E-state index contributed by atoms with van der Waals surface area (Å²) in [4.78, 5) is 2.39. The van der Waals surface area contributed by atoms with Gasteiger partial charge in [0.25, 0.3) is 0 Å². The number of aryl methyl sites for hydroxylation is 2. The fourth-order valence-corrected chi connectivity index (χ4v) is 5.29. The van der Waals surface area contributed by atoms with Gasteiger partial charge < -0.3 is 9.32 Å². The van der Waals surface area contributed by atoms with Gasteiger partial charge in [0, 0.05) is 25.1 Å². The number of nitrogens with zero attached hydrogens (tertiary/aromatic N) is 2. The predicted molar refractivity (Wildman–Crippen MR) is 118 cm³/mol. The molecule has 4 rings (SSSR count). The van der Waals surface area contributed by atoms with Crippen molar-refractivity contribution in [3.8, 4) is 0 Å². The van der Waals surface area contributed by atoms with Crippen LogP contribution >= 0.6 is 0 Å². The van der Waals surface area contributed by atoms with Gasteiger partial charge in [0.05, 0.1) is 11.4 Å². The molecule has 0 spiro atoms. The number of hydrogen-bond donors (Lipinski definition) is 0. The van der Waals surface area contributed by atoms with Gasteiger partial charge in [-0.25, -0.2) is 8.42 Å². The first-order valence-electron chi connectivity index (χ1n) is 10.3. The fraction of sp³-hybridized carbons (Fsp3) is 0.333. The minimum absolute atomic E-state index is 0.353. The molecule has 0 bridgehead atoms. The summed E-state index contributed by atoms with van der Waals surface area (Å²) in [5.74, 6) is 1.79. The van der Waals surface area contributed by atoms with Crippen molar-refractivity contribution in [2.45, 2.75) is 37.2 Å². The zero-order valence-electron chi connectivity index (χ0n) is 17.5. The Morgan fingerprint density at radius 1 is 0.967 bits per heavy atom. The van der Waals surface area contributed by atoms with E-state index in [0.717, 1.165) is 35.5 Å². The standard InChI is InChI=1S/C24H28N2O3S/c1-25(2)18-22-16-21-17-26(15-14-24(21)29-22)30(27,28)23-12-10-20(11-13-23)9-8-19-6-4-3-5-7-19/h3-7,10-13,16H,8-9,14-15,17-18H2,1-2H3. The maximum absolute atomic E-state index is 13.2. The molecule has 0 amide bonds. The molecule has 0 unspecified atom stereocenters. The van der Waals surface area contributed by atoms with E-state index in [2.05, 4.69) is 12.1 Å². The van der Waals surface area contributed by atoms with Crippen molar-refractivity contribution in [3.63, 3.8) is 0 Å². The lowest BCUT2D eigenvalue weighted by Crippen LogP contribution is -2.35. The zero-order valence-corrected chi connectivity index (χ0v) is 18.4. The summed E-state index contributed by atoms with van der Waals surface area (Å²) < 4.78 is 33.8. The van der Waals surface area contributed by atoms with Crippen LogP contribution in [0.2, 0.25) is 0 Å². The lowest BCUT2D eigenvalue weighted by molar-refractivity contribution is 0.325. The SMILES string of the molecule is CN(C)Cc1cc2c(o1)CCN(S(=O)(=O)c1ccc(CCc3ccccc3)cc1)C2. The van der Waals surface area contributed by atoms with Crippen molar-refractivity contribution in [1.82, 2.24) is 9.21 Å². The second kappa shape index (κ2) is 8.76. The summed E-state index contributed by atoms with van der Waals surface area (Å²) in [7, 11) is 0.455. The predicted octanol–water partition coefficient (Wildman–Crippen LogP) is 3.87. The van der Waals surface area contributed by atoms with Crippen LogP contribution in [0.15, 0.2) is 70.0 Å². The van der Waals surface area contributed by atoms with Crippen LogP contribution in [-0.2, 0) is 42.4 Å². The van der Waals surface area contributed by atoms with Crippen LogP contribution in [0, 0.1) is 0 Å². The molecule has 2 heterocycles. The summed E-state index contributed by atoms with van der Waals surface area (Å²) in [6.45, 7) is 1.52. The monoisotopic (exact) mass is 424 g/mol. The van der Waals surface area contributed by atoms with Crippen LogP contribution in [0.4, 0.5) is 0 Å². The third-order valence-electron chi connectivity index (χ3n) is 5.46. The highest BCUT2D eigenvalue weighted by Gasteiger charge is 2.30. The molecule has 30 heavy (non-hydrogen) atoms. The van der Waals surface area contributed by atoms with E-state index >= 15 is 0 Å². The molecule has 1 aliphatic rings. The summed E-state index contributed by atoms with van der Waals surface area (Å²) >= 11 is 0. The first kappa shape index (κ1) is 20.8. The van der Waals surface area contributed by atoms with Crippen LogP contribution in [0.1, 0.15) is 28.2 Å². The van der Waals surface area contributed by atoms with Gasteiger partial charge in [-0.3, -0.25) is 0 Å². The normalized spacial score (nSPS) is 14.8. The summed E-state index contributed by atoms with van der Waals surface area (Å²) in [5, 5.41) is 0. The minimum Gasteiger partial charge on any atom is -0.464 e. The molecule has 0 fully saturated rings. The second-order valence-corrected chi connectivity index (χ2v) is 10.1. The van der Waals surface area contributed by atoms with Gasteiger partial charge in [-0.1, -0.05) is 42.5 Å². The lowest BCUT2D eigenvalue weighted by atomic mass is 10.0. The third kappa shape index (κ3) is 4.67. The molecule has 158 valence electrons. The maximum Gasteiger partial charge on any atom is 0.243 e. The Morgan fingerprint density at radius 2 is 1.63 bits per heavy atom. The maximum atomic E-state index is 13.2. The van der Waals surface area contributed by atoms with E-state index < -0.39 is 10.0 Å².